The van der Waals surface area contributed by atoms with Crippen molar-refractivity contribution in [3.63, 3.8) is 0 Å². The van der Waals surface area contributed by atoms with Gasteiger partial charge >= 0.3 is 0 Å². The first-order chi connectivity index (χ1) is 6.77. The van der Waals surface area contributed by atoms with Crippen LogP contribution in [0.15, 0.2) is 36.0 Å². The highest BCUT2D eigenvalue weighted by molar-refractivity contribution is 5.22. The van der Waals surface area contributed by atoms with Crippen molar-refractivity contribution in [2.45, 2.75) is 33.1 Å². The minimum Gasteiger partial charge on any atom is -0.0854 e. The van der Waals surface area contributed by atoms with Gasteiger partial charge in [-0.15, -0.1) is 0 Å². The molecule has 3 unspecified atom stereocenters. The van der Waals surface area contributed by atoms with Gasteiger partial charge in [0.05, 0.1) is 0 Å². The van der Waals surface area contributed by atoms with E-state index in [1.54, 1.807) is 5.57 Å². The fraction of sp³-hybridized carbons (Fsp3) is 0.571. The highest BCUT2D eigenvalue weighted by Gasteiger charge is 2.23. The SMILES string of the molecule is CC1C=CC(C(C)C2=CC=CCC2)C1. The molecule has 3 atom stereocenters. The van der Waals surface area contributed by atoms with Crippen LogP contribution in [-0.2, 0) is 0 Å². The summed E-state index contributed by atoms with van der Waals surface area (Å²) >= 11 is 0. The van der Waals surface area contributed by atoms with Crippen molar-refractivity contribution in [1.29, 1.82) is 0 Å². The molecule has 0 aromatic rings. The Kier molecular flexibility index (Phi) is 2.90. The van der Waals surface area contributed by atoms with E-state index in [2.05, 4.69) is 44.2 Å². The molecule has 0 amide bonds. The molecule has 0 nitrogen and oxygen atoms in total. The Morgan fingerprint density at radius 1 is 1.36 bits per heavy atom. The second-order valence-electron chi connectivity index (χ2n) is 4.76. The summed E-state index contributed by atoms with van der Waals surface area (Å²) in [5.74, 6) is 2.34. The minimum absolute atomic E-state index is 0.751. The Bertz CT molecular complexity index is 280. The Morgan fingerprint density at radius 3 is 2.79 bits per heavy atom. The monoisotopic (exact) mass is 188 g/mol. The molecular formula is C14H20. The number of hydrogen-bond acceptors (Lipinski definition) is 0. The van der Waals surface area contributed by atoms with Crippen molar-refractivity contribution in [3.05, 3.63) is 36.0 Å². The van der Waals surface area contributed by atoms with E-state index >= 15 is 0 Å². The van der Waals surface area contributed by atoms with Crippen LogP contribution in [0.5, 0.6) is 0 Å². The summed E-state index contributed by atoms with van der Waals surface area (Å²) in [6.45, 7) is 4.70. The van der Waals surface area contributed by atoms with Crippen LogP contribution in [0.2, 0.25) is 0 Å². The van der Waals surface area contributed by atoms with E-state index in [1.807, 2.05) is 0 Å². The summed E-state index contributed by atoms with van der Waals surface area (Å²) in [4.78, 5) is 0. The molecule has 2 aliphatic carbocycles. The van der Waals surface area contributed by atoms with Gasteiger partial charge in [0.2, 0.25) is 0 Å². The van der Waals surface area contributed by atoms with Gasteiger partial charge in [-0.2, -0.15) is 0 Å². The van der Waals surface area contributed by atoms with Gasteiger partial charge < -0.3 is 0 Å². The first kappa shape index (κ1) is 9.76. The first-order valence-electron chi connectivity index (χ1n) is 5.81. The normalized spacial score (nSPS) is 33.1. The van der Waals surface area contributed by atoms with E-state index in [9.17, 15) is 0 Å². The van der Waals surface area contributed by atoms with E-state index in [-0.39, 0.29) is 0 Å². The van der Waals surface area contributed by atoms with E-state index in [1.165, 1.54) is 19.3 Å². The molecule has 14 heavy (non-hydrogen) atoms. The third kappa shape index (κ3) is 2.00. The van der Waals surface area contributed by atoms with Crippen molar-refractivity contribution in [2.75, 3.05) is 0 Å². The van der Waals surface area contributed by atoms with Crippen molar-refractivity contribution in [2.24, 2.45) is 17.8 Å². The largest absolute Gasteiger partial charge is 0.0854 e. The van der Waals surface area contributed by atoms with Gasteiger partial charge in [0.25, 0.3) is 0 Å². The van der Waals surface area contributed by atoms with Crippen molar-refractivity contribution in [3.8, 4) is 0 Å². The number of hydrogen-bond donors (Lipinski definition) is 0. The van der Waals surface area contributed by atoms with E-state index in [0.717, 1.165) is 17.8 Å². The molecule has 0 heteroatoms. The second kappa shape index (κ2) is 4.16. The average Bonchev–Trinajstić information content (AvgIpc) is 2.65. The number of allylic oxidation sites excluding steroid dienone is 6. The summed E-state index contributed by atoms with van der Waals surface area (Å²) in [5.41, 5.74) is 1.65. The minimum atomic E-state index is 0.751. The molecule has 0 fully saturated rings. The molecule has 0 heterocycles. The van der Waals surface area contributed by atoms with Crippen LogP contribution < -0.4 is 0 Å². The van der Waals surface area contributed by atoms with Gasteiger partial charge in [0.1, 0.15) is 0 Å². The summed E-state index contributed by atoms with van der Waals surface area (Å²) < 4.78 is 0. The zero-order valence-corrected chi connectivity index (χ0v) is 9.24. The zero-order valence-electron chi connectivity index (χ0n) is 9.24. The Balaban J connectivity index is 2.01. The molecule has 76 valence electrons. The molecule has 0 bridgehead atoms. The smallest absolute Gasteiger partial charge is 0.0165 e. The maximum Gasteiger partial charge on any atom is -0.0165 e. The van der Waals surface area contributed by atoms with Crippen LogP contribution in [0.4, 0.5) is 0 Å². The summed E-state index contributed by atoms with van der Waals surface area (Å²) in [6.07, 6.45) is 15.5. The third-order valence-electron chi connectivity index (χ3n) is 3.60. The fourth-order valence-corrected chi connectivity index (χ4v) is 2.57. The summed E-state index contributed by atoms with van der Waals surface area (Å²) in [6, 6.07) is 0. The van der Waals surface area contributed by atoms with E-state index in [4.69, 9.17) is 0 Å². The third-order valence-corrected chi connectivity index (χ3v) is 3.60. The summed E-state index contributed by atoms with van der Waals surface area (Å²) in [7, 11) is 0. The van der Waals surface area contributed by atoms with Crippen LogP contribution in [-0.4, -0.2) is 0 Å². The van der Waals surface area contributed by atoms with Gasteiger partial charge in [0.15, 0.2) is 0 Å². The Labute approximate surface area is 87.4 Å². The molecule has 2 rings (SSSR count). The lowest BCUT2D eigenvalue weighted by atomic mass is 9.82. The lowest BCUT2D eigenvalue weighted by Crippen LogP contribution is -2.11. The Hall–Kier alpha value is -0.780. The molecule has 0 aliphatic heterocycles. The van der Waals surface area contributed by atoms with Gasteiger partial charge in [-0.05, 0) is 37.0 Å². The van der Waals surface area contributed by atoms with Crippen LogP contribution >= 0.6 is 0 Å². The van der Waals surface area contributed by atoms with Crippen LogP contribution in [0, 0.1) is 17.8 Å². The number of rotatable bonds is 2. The lowest BCUT2D eigenvalue weighted by molar-refractivity contribution is 0.434. The van der Waals surface area contributed by atoms with Gasteiger partial charge in [-0.3, -0.25) is 0 Å². The fourth-order valence-electron chi connectivity index (χ4n) is 2.57. The van der Waals surface area contributed by atoms with E-state index in [0.29, 0.717) is 0 Å². The topological polar surface area (TPSA) is 0 Å². The molecular weight excluding hydrogens is 168 g/mol. The van der Waals surface area contributed by atoms with Crippen LogP contribution in [0.1, 0.15) is 33.1 Å². The maximum atomic E-state index is 2.43. The molecule has 0 spiro atoms. The van der Waals surface area contributed by atoms with Crippen molar-refractivity contribution in [1.82, 2.24) is 0 Å². The standard InChI is InChI=1S/C14H20/c1-11-8-9-14(10-11)12(2)13-6-4-3-5-7-13/h3-4,6,8-9,11-12,14H,5,7,10H2,1-2H3. The lowest BCUT2D eigenvalue weighted by Gasteiger charge is -2.22. The Morgan fingerprint density at radius 2 is 2.21 bits per heavy atom. The quantitative estimate of drug-likeness (QED) is 0.572. The molecule has 0 aromatic carbocycles. The highest BCUT2D eigenvalue weighted by atomic mass is 14.3. The molecule has 0 aromatic heterocycles. The predicted octanol–water partition coefficient (Wildman–Crippen LogP) is 4.11. The average molecular weight is 188 g/mol. The molecule has 0 radical (unpaired) electrons. The van der Waals surface area contributed by atoms with Crippen LogP contribution in [0.25, 0.3) is 0 Å². The first-order valence-corrected chi connectivity index (χ1v) is 5.81. The zero-order chi connectivity index (χ0) is 9.97. The highest BCUT2D eigenvalue weighted by Crippen LogP contribution is 2.35. The molecule has 0 saturated heterocycles. The van der Waals surface area contributed by atoms with E-state index < -0.39 is 0 Å². The van der Waals surface area contributed by atoms with Crippen LogP contribution in [0.3, 0.4) is 0 Å². The summed E-state index contributed by atoms with van der Waals surface area (Å²) in [5, 5.41) is 0. The van der Waals surface area contributed by atoms with Crippen molar-refractivity contribution < 1.29 is 0 Å². The molecule has 0 saturated carbocycles. The second-order valence-corrected chi connectivity index (χ2v) is 4.76. The van der Waals surface area contributed by atoms with Gasteiger partial charge in [-0.25, -0.2) is 0 Å². The van der Waals surface area contributed by atoms with Crippen molar-refractivity contribution >= 4 is 0 Å². The van der Waals surface area contributed by atoms with Gasteiger partial charge in [0, 0.05) is 0 Å². The predicted molar refractivity (Wildman–Crippen MR) is 62.0 cm³/mol. The maximum absolute atomic E-state index is 2.43. The molecule has 2 aliphatic rings. The van der Waals surface area contributed by atoms with Gasteiger partial charge in [-0.1, -0.05) is 49.8 Å². The molecule has 0 N–H and O–H groups in total.